The van der Waals surface area contributed by atoms with E-state index in [0.717, 1.165) is 0 Å². The van der Waals surface area contributed by atoms with Gasteiger partial charge in [0.1, 0.15) is 0 Å². The van der Waals surface area contributed by atoms with E-state index in [0.29, 0.717) is 18.1 Å². The minimum atomic E-state index is -0.728. The maximum absolute atomic E-state index is 9.36. The van der Waals surface area contributed by atoms with Crippen LogP contribution in [0.2, 0.25) is 0 Å². The zero-order valence-electron chi connectivity index (χ0n) is 9.19. The maximum atomic E-state index is 9.36. The van der Waals surface area contributed by atoms with Gasteiger partial charge < -0.3 is 19.3 Å². The van der Waals surface area contributed by atoms with Gasteiger partial charge in [-0.2, -0.15) is 0 Å². The van der Waals surface area contributed by atoms with E-state index >= 15 is 0 Å². The lowest BCUT2D eigenvalue weighted by Crippen LogP contribution is -2.21. The van der Waals surface area contributed by atoms with Gasteiger partial charge >= 0.3 is 6.48 Å². The number of benzene rings is 1. The Bertz CT molecular complexity index is 311. The van der Waals surface area contributed by atoms with Crippen molar-refractivity contribution in [3.05, 3.63) is 18.2 Å². The van der Waals surface area contributed by atoms with E-state index in [1.165, 1.54) is 6.07 Å². The van der Waals surface area contributed by atoms with Crippen LogP contribution in [0.5, 0.6) is 17.2 Å². The van der Waals surface area contributed by atoms with Gasteiger partial charge in [0.2, 0.25) is 5.75 Å². The van der Waals surface area contributed by atoms with Gasteiger partial charge in [-0.1, -0.05) is 19.9 Å². The van der Waals surface area contributed by atoms with Crippen LogP contribution >= 0.6 is 0 Å². The number of phenols is 1. The summed E-state index contributed by atoms with van der Waals surface area (Å²) in [5.41, 5.74) is 0. The molecule has 15 heavy (non-hydrogen) atoms. The fourth-order valence-corrected chi connectivity index (χ4v) is 1.14. The highest BCUT2D eigenvalue weighted by atomic mass is 16.9. The van der Waals surface area contributed by atoms with E-state index in [1.807, 2.05) is 20.8 Å². The number of ether oxygens (including phenoxy) is 3. The number of phenolic OH excluding ortho intramolecular Hbond substituents is 1. The lowest BCUT2D eigenvalue weighted by molar-refractivity contribution is -0.173. The fraction of sp³-hybridized carbons (Fsp3) is 0.455. The summed E-state index contributed by atoms with van der Waals surface area (Å²) in [6.45, 7) is 5.61. The van der Waals surface area contributed by atoms with Crippen LogP contribution in [-0.2, 0) is 4.74 Å². The van der Waals surface area contributed by atoms with E-state index in [-0.39, 0.29) is 5.75 Å². The molecule has 0 fully saturated rings. The Hall–Kier alpha value is -1.42. The predicted octanol–water partition coefficient (Wildman–Crippen LogP) is 2.51. The highest BCUT2D eigenvalue weighted by molar-refractivity contribution is 5.51. The standard InChI is InChI=1S/C9H10O4.C2H6/c1-2-11-9-12-7-5-3-4-6(10)8(7)13-9;1-2/h3-5,9-10H,2H2,1H3;1-2H3. The molecule has 0 saturated heterocycles. The molecule has 1 N–H and O–H groups in total. The summed E-state index contributed by atoms with van der Waals surface area (Å²) in [7, 11) is 0. The quantitative estimate of drug-likeness (QED) is 0.818. The van der Waals surface area contributed by atoms with Crippen molar-refractivity contribution in [1.82, 2.24) is 0 Å². The summed E-state index contributed by atoms with van der Waals surface area (Å²) in [4.78, 5) is 0. The normalized spacial score (nSPS) is 16.9. The SMILES string of the molecule is CC.CCOC1Oc2cccc(O)c2O1. The zero-order valence-corrected chi connectivity index (χ0v) is 9.19. The molecule has 0 aromatic heterocycles. The van der Waals surface area contributed by atoms with Crippen LogP contribution in [0.4, 0.5) is 0 Å². The molecule has 1 atom stereocenters. The van der Waals surface area contributed by atoms with Gasteiger partial charge in [0.25, 0.3) is 0 Å². The van der Waals surface area contributed by atoms with Crippen molar-refractivity contribution in [3.63, 3.8) is 0 Å². The molecule has 0 amide bonds. The number of aromatic hydroxyl groups is 1. The molecule has 0 radical (unpaired) electrons. The first-order chi connectivity index (χ1) is 7.31. The van der Waals surface area contributed by atoms with Gasteiger partial charge in [-0.15, -0.1) is 0 Å². The summed E-state index contributed by atoms with van der Waals surface area (Å²) in [5.74, 6) is 0.930. The van der Waals surface area contributed by atoms with Crippen molar-refractivity contribution in [2.24, 2.45) is 0 Å². The van der Waals surface area contributed by atoms with Gasteiger partial charge in [-0.05, 0) is 19.1 Å². The molecule has 1 unspecified atom stereocenters. The van der Waals surface area contributed by atoms with E-state index in [2.05, 4.69) is 0 Å². The van der Waals surface area contributed by atoms with Crippen molar-refractivity contribution in [2.45, 2.75) is 27.2 Å². The first kappa shape index (κ1) is 11.7. The molecule has 1 aromatic rings. The van der Waals surface area contributed by atoms with Crippen molar-refractivity contribution in [1.29, 1.82) is 0 Å². The van der Waals surface area contributed by atoms with Gasteiger partial charge in [0, 0.05) is 0 Å². The van der Waals surface area contributed by atoms with Gasteiger partial charge in [-0.3, -0.25) is 0 Å². The lowest BCUT2D eigenvalue weighted by Gasteiger charge is -2.08. The second-order valence-electron chi connectivity index (χ2n) is 2.58. The van der Waals surface area contributed by atoms with Crippen LogP contribution in [0.15, 0.2) is 18.2 Å². The maximum Gasteiger partial charge on any atom is 0.361 e. The highest BCUT2D eigenvalue weighted by Gasteiger charge is 2.26. The van der Waals surface area contributed by atoms with E-state index < -0.39 is 6.48 Å². The summed E-state index contributed by atoms with van der Waals surface area (Å²) in [6.07, 6.45) is 0. The predicted molar refractivity (Wildman–Crippen MR) is 56.1 cm³/mol. The molecule has 2 rings (SSSR count). The Morgan fingerprint density at radius 3 is 2.67 bits per heavy atom. The van der Waals surface area contributed by atoms with Crippen LogP contribution in [0.25, 0.3) is 0 Å². The Morgan fingerprint density at radius 1 is 1.33 bits per heavy atom. The van der Waals surface area contributed by atoms with Crippen LogP contribution in [0.3, 0.4) is 0 Å². The van der Waals surface area contributed by atoms with Gasteiger partial charge in [-0.25, -0.2) is 0 Å². The number of fused-ring (bicyclic) bond motifs is 1. The molecule has 1 aliphatic rings. The van der Waals surface area contributed by atoms with Gasteiger partial charge in [0.05, 0.1) is 6.61 Å². The van der Waals surface area contributed by atoms with Crippen molar-refractivity contribution < 1.29 is 19.3 Å². The number of hydrogen-bond donors (Lipinski definition) is 1. The van der Waals surface area contributed by atoms with E-state index in [9.17, 15) is 5.11 Å². The average Bonchev–Trinajstić information content (AvgIpc) is 2.66. The molecular formula is C11H16O4. The first-order valence-electron chi connectivity index (χ1n) is 5.08. The second-order valence-corrected chi connectivity index (χ2v) is 2.58. The summed E-state index contributed by atoms with van der Waals surface area (Å²) in [5, 5.41) is 9.36. The molecule has 1 aromatic carbocycles. The largest absolute Gasteiger partial charge is 0.504 e. The average molecular weight is 212 g/mol. The molecule has 4 heteroatoms. The van der Waals surface area contributed by atoms with Crippen LogP contribution < -0.4 is 9.47 Å². The smallest absolute Gasteiger partial charge is 0.361 e. The molecule has 0 spiro atoms. The number of para-hydroxylation sites is 1. The van der Waals surface area contributed by atoms with E-state index in [1.54, 1.807) is 12.1 Å². The lowest BCUT2D eigenvalue weighted by atomic mass is 10.3. The second kappa shape index (κ2) is 5.46. The Morgan fingerprint density at radius 2 is 2.07 bits per heavy atom. The molecule has 4 nitrogen and oxygen atoms in total. The number of rotatable bonds is 2. The minimum Gasteiger partial charge on any atom is -0.504 e. The molecule has 1 aliphatic heterocycles. The third-order valence-corrected chi connectivity index (χ3v) is 1.70. The van der Waals surface area contributed by atoms with Gasteiger partial charge in [0.15, 0.2) is 11.5 Å². The minimum absolute atomic E-state index is 0.0692. The molecule has 0 aliphatic carbocycles. The molecular weight excluding hydrogens is 196 g/mol. The van der Waals surface area contributed by atoms with E-state index in [4.69, 9.17) is 14.2 Å². The van der Waals surface area contributed by atoms with Crippen molar-refractivity contribution in [3.8, 4) is 17.2 Å². The van der Waals surface area contributed by atoms with Crippen molar-refractivity contribution >= 4 is 0 Å². The summed E-state index contributed by atoms with van der Waals surface area (Å²) in [6, 6.07) is 4.94. The Kier molecular flexibility index (Phi) is 4.24. The van der Waals surface area contributed by atoms with Crippen LogP contribution in [-0.4, -0.2) is 18.2 Å². The third-order valence-electron chi connectivity index (χ3n) is 1.70. The van der Waals surface area contributed by atoms with Crippen LogP contribution in [0.1, 0.15) is 20.8 Å². The molecule has 0 bridgehead atoms. The Balaban J connectivity index is 0.000000531. The molecule has 1 heterocycles. The molecule has 0 saturated carbocycles. The third kappa shape index (κ3) is 2.53. The van der Waals surface area contributed by atoms with Crippen LogP contribution in [0, 0.1) is 0 Å². The molecule has 84 valence electrons. The topological polar surface area (TPSA) is 47.9 Å². The van der Waals surface area contributed by atoms with Crippen molar-refractivity contribution in [2.75, 3.05) is 6.61 Å². The zero-order chi connectivity index (χ0) is 11.3. The monoisotopic (exact) mass is 212 g/mol. The summed E-state index contributed by atoms with van der Waals surface area (Å²) >= 11 is 0. The summed E-state index contributed by atoms with van der Waals surface area (Å²) < 4.78 is 15.5. The number of hydrogen-bond acceptors (Lipinski definition) is 4. The Labute approximate surface area is 89.4 Å². The highest BCUT2D eigenvalue weighted by Crippen LogP contribution is 2.41. The fourth-order valence-electron chi connectivity index (χ4n) is 1.14. The first-order valence-corrected chi connectivity index (χ1v) is 5.08.